The van der Waals surface area contributed by atoms with Gasteiger partial charge in [-0.05, 0) is 30.3 Å². The second-order valence-corrected chi connectivity index (χ2v) is 5.16. The number of rotatable bonds is 7. The molecular formula is C17H16FN3O5. The van der Waals surface area contributed by atoms with Crippen LogP contribution in [0.15, 0.2) is 53.5 Å². The quantitative estimate of drug-likeness (QED) is 0.689. The number of anilines is 1. The van der Waals surface area contributed by atoms with Crippen LogP contribution >= 0.6 is 0 Å². The number of carbonyl (C=O) groups is 3. The Balaban J connectivity index is 1.69. The van der Waals surface area contributed by atoms with Crippen LogP contribution in [-0.2, 0) is 25.7 Å². The van der Waals surface area contributed by atoms with Gasteiger partial charge in [-0.3, -0.25) is 19.2 Å². The molecule has 0 aliphatic rings. The molecule has 8 nitrogen and oxygen atoms in total. The largest absolute Gasteiger partial charge is 0.454 e. The van der Waals surface area contributed by atoms with Crippen LogP contribution in [0.5, 0.6) is 0 Å². The summed E-state index contributed by atoms with van der Waals surface area (Å²) in [6.07, 6.45) is 1.42. The van der Waals surface area contributed by atoms with E-state index in [0.717, 1.165) is 4.57 Å². The maximum Gasteiger partial charge on any atom is 0.326 e. The van der Waals surface area contributed by atoms with Gasteiger partial charge in [-0.15, -0.1) is 0 Å². The lowest BCUT2D eigenvalue weighted by Crippen LogP contribution is -2.36. The topological polar surface area (TPSA) is 106 Å². The SMILES string of the molecule is O=C(COC(=O)Cn1ccccc1=O)NCC(=O)Nc1ccc(F)cc1. The van der Waals surface area contributed by atoms with Gasteiger partial charge in [0.15, 0.2) is 6.61 Å². The third-order valence-electron chi connectivity index (χ3n) is 3.14. The molecule has 1 aromatic heterocycles. The van der Waals surface area contributed by atoms with Crippen molar-refractivity contribution in [2.75, 3.05) is 18.5 Å². The maximum absolute atomic E-state index is 12.8. The first kappa shape index (κ1) is 18.8. The van der Waals surface area contributed by atoms with E-state index in [1.165, 1.54) is 42.6 Å². The van der Waals surface area contributed by atoms with Crippen molar-refractivity contribution >= 4 is 23.5 Å². The lowest BCUT2D eigenvalue weighted by atomic mass is 10.3. The van der Waals surface area contributed by atoms with Crippen LogP contribution in [0.4, 0.5) is 10.1 Å². The minimum Gasteiger partial charge on any atom is -0.454 e. The smallest absolute Gasteiger partial charge is 0.326 e. The van der Waals surface area contributed by atoms with E-state index in [1.807, 2.05) is 0 Å². The van der Waals surface area contributed by atoms with Crippen molar-refractivity contribution < 1.29 is 23.5 Å². The molecule has 0 fully saturated rings. The number of pyridine rings is 1. The molecule has 0 spiro atoms. The van der Waals surface area contributed by atoms with Gasteiger partial charge in [0, 0.05) is 18.0 Å². The lowest BCUT2D eigenvalue weighted by Gasteiger charge is -2.08. The fourth-order valence-corrected chi connectivity index (χ4v) is 1.89. The fourth-order valence-electron chi connectivity index (χ4n) is 1.89. The zero-order valence-corrected chi connectivity index (χ0v) is 13.6. The van der Waals surface area contributed by atoms with Gasteiger partial charge in [0.25, 0.3) is 11.5 Å². The number of ether oxygens (including phenoxy) is 1. The minimum atomic E-state index is -0.760. The van der Waals surface area contributed by atoms with Gasteiger partial charge in [0.05, 0.1) is 6.54 Å². The predicted molar refractivity (Wildman–Crippen MR) is 89.7 cm³/mol. The Morgan fingerprint density at radius 3 is 2.46 bits per heavy atom. The highest BCUT2D eigenvalue weighted by Crippen LogP contribution is 2.07. The molecule has 0 aliphatic carbocycles. The van der Waals surface area contributed by atoms with Crippen molar-refractivity contribution in [1.82, 2.24) is 9.88 Å². The Kier molecular flexibility index (Phi) is 6.60. The van der Waals surface area contributed by atoms with Gasteiger partial charge in [0.1, 0.15) is 12.4 Å². The van der Waals surface area contributed by atoms with E-state index in [-0.39, 0.29) is 18.6 Å². The highest BCUT2D eigenvalue weighted by molar-refractivity contribution is 5.94. The van der Waals surface area contributed by atoms with Crippen molar-refractivity contribution in [3.63, 3.8) is 0 Å². The fraction of sp³-hybridized carbons (Fsp3) is 0.176. The predicted octanol–water partition coefficient (Wildman–Crippen LogP) is 0.285. The molecule has 2 N–H and O–H groups in total. The van der Waals surface area contributed by atoms with Crippen molar-refractivity contribution in [2.45, 2.75) is 6.54 Å². The number of esters is 1. The Labute approximate surface area is 147 Å². The monoisotopic (exact) mass is 361 g/mol. The van der Waals surface area contributed by atoms with Crippen molar-refractivity contribution in [3.8, 4) is 0 Å². The molecule has 0 saturated heterocycles. The molecule has 26 heavy (non-hydrogen) atoms. The molecule has 1 heterocycles. The minimum absolute atomic E-state index is 0.321. The number of nitrogens with zero attached hydrogens (tertiary/aromatic N) is 1. The van der Waals surface area contributed by atoms with E-state index in [4.69, 9.17) is 4.74 Å². The van der Waals surface area contributed by atoms with Crippen LogP contribution in [0.25, 0.3) is 0 Å². The number of hydrogen-bond acceptors (Lipinski definition) is 5. The maximum atomic E-state index is 12.8. The van der Waals surface area contributed by atoms with Gasteiger partial charge in [0.2, 0.25) is 5.91 Å². The molecule has 0 aliphatic heterocycles. The molecule has 0 bridgehead atoms. The van der Waals surface area contributed by atoms with Crippen LogP contribution in [0.1, 0.15) is 0 Å². The Morgan fingerprint density at radius 1 is 1.04 bits per heavy atom. The average molecular weight is 361 g/mol. The van der Waals surface area contributed by atoms with E-state index in [0.29, 0.717) is 5.69 Å². The summed E-state index contributed by atoms with van der Waals surface area (Å²) >= 11 is 0. The summed E-state index contributed by atoms with van der Waals surface area (Å²) in [7, 11) is 0. The van der Waals surface area contributed by atoms with Crippen LogP contribution < -0.4 is 16.2 Å². The summed E-state index contributed by atoms with van der Waals surface area (Å²) in [5.74, 6) is -2.39. The highest BCUT2D eigenvalue weighted by atomic mass is 19.1. The molecule has 0 radical (unpaired) electrons. The molecule has 1 aromatic carbocycles. The first-order valence-corrected chi connectivity index (χ1v) is 7.57. The summed E-state index contributed by atoms with van der Waals surface area (Å²) in [6, 6.07) is 9.54. The zero-order chi connectivity index (χ0) is 18.9. The van der Waals surface area contributed by atoms with Crippen LogP contribution in [0.2, 0.25) is 0 Å². The van der Waals surface area contributed by atoms with E-state index in [9.17, 15) is 23.6 Å². The van der Waals surface area contributed by atoms with Crippen LogP contribution in [0.3, 0.4) is 0 Å². The molecule has 0 atom stereocenters. The number of halogens is 1. The molecule has 2 rings (SSSR count). The highest BCUT2D eigenvalue weighted by Gasteiger charge is 2.10. The average Bonchev–Trinajstić information content (AvgIpc) is 2.62. The standard InChI is InChI=1S/C17H16FN3O5/c18-12-4-6-13(7-5-12)20-14(22)9-19-15(23)11-26-17(25)10-21-8-2-1-3-16(21)24/h1-8H,9-11H2,(H,19,23)(H,20,22). The number of benzene rings is 1. The van der Waals surface area contributed by atoms with Crippen LogP contribution in [-0.4, -0.2) is 35.5 Å². The van der Waals surface area contributed by atoms with Gasteiger partial charge in [-0.1, -0.05) is 6.07 Å². The third kappa shape index (κ3) is 6.19. The van der Waals surface area contributed by atoms with Gasteiger partial charge in [-0.2, -0.15) is 0 Å². The van der Waals surface area contributed by atoms with E-state index in [2.05, 4.69) is 10.6 Å². The summed E-state index contributed by atoms with van der Waals surface area (Å²) in [5.41, 5.74) is 0.0109. The first-order valence-electron chi connectivity index (χ1n) is 7.57. The van der Waals surface area contributed by atoms with Crippen LogP contribution in [0, 0.1) is 5.82 Å². The van der Waals surface area contributed by atoms with E-state index in [1.54, 1.807) is 6.07 Å². The molecule has 0 saturated carbocycles. The Morgan fingerprint density at radius 2 is 1.77 bits per heavy atom. The van der Waals surface area contributed by atoms with E-state index < -0.39 is 30.2 Å². The number of hydrogen-bond donors (Lipinski definition) is 2. The van der Waals surface area contributed by atoms with Crippen molar-refractivity contribution in [1.29, 1.82) is 0 Å². The summed E-state index contributed by atoms with van der Waals surface area (Å²) in [6.45, 7) is -1.24. The molecule has 0 unspecified atom stereocenters. The molecule has 2 aromatic rings. The second kappa shape index (κ2) is 9.11. The number of aromatic nitrogens is 1. The Hall–Kier alpha value is -3.49. The number of carbonyl (C=O) groups excluding carboxylic acids is 3. The van der Waals surface area contributed by atoms with Crippen molar-refractivity contribution in [2.24, 2.45) is 0 Å². The number of nitrogens with one attached hydrogen (secondary N) is 2. The lowest BCUT2D eigenvalue weighted by molar-refractivity contribution is -0.149. The van der Waals surface area contributed by atoms with Crippen molar-refractivity contribution in [3.05, 3.63) is 64.8 Å². The molecule has 9 heteroatoms. The summed E-state index contributed by atoms with van der Waals surface area (Å²) < 4.78 is 18.6. The third-order valence-corrected chi connectivity index (χ3v) is 3.14. The van der Waals surface area contributed by atoms with Gasteiger partial charge < -0.3 is 19.9 Å². The van der Waals surface area contributed by atoms with Gasteiger partial charge in [-0.25, -0.2) is 4.39 Å². The zero-order valence-electron chi connectivity index (χ0n) is 13.6. The van der Waals surface area contributed by atoms with Gasteiger partial charge >= 0.3 is 5.97 Å². The molecule has 2 amide bonds. The Bertz CT molecular complexity index is 848. The summed E-state index contributed by atoms with van der Waals surface area (Å²) in [4.78, 5) is 46.3. The second-order valence-electron chi connectivity index (χ2n) is 5.16. The molecule has 136 valence electrons. The normalized spacial score (nSPS) is 10.0. The first-order chi connectivity index (χ1) is 12.4. The number of amides is 2. The summed E-state index contributed by atoms with van der Waals surface area (Å²) in [5, 5.41) is 4.74. The van der Waals surface area contributed by atoms with E-state index >= 15 is 0 Å². The molecular weight excluding hydrogens is 345 g/mol.